The molecule has 4 aromatic rings. The zero-order chi connectivity index (χ0) is 21.9. The van der Waals surface area contributed by atoms with E-state index in [0.717, 1.165) is 55.3 Å². The van der Waals surface area contributed by atoms with Gasteiger partial charge in [0.2, 0.25) is 17.8 Å². The molecule has 3 heterocycles. The Bertz CT molecular complexity index is 1160. The lowest BCUT2D eigenvalue weighted by Gasteiger charge is -2.26. The number of rotatable bonds is 5. The number of aromatic nitrogens is 5. The molecule has 2 aromatic carbocycles. The fourth-order valence-electron chi connectivity index (χ4n) is 4.09. The van der Waals surface area contributed by atoms with E-state index in [1.165, 1.54) is 0 Å². The maximum Gasteiger partial charge on any atom is 0.232 e. The summed E-state index contributed by atoms with van der Waals surface area (Å²) < 4.78 is 0. The second kappa shape index (κ2) is 8.80. The number of imidazole rings is 1. The average molecular weight is 430 g/mol. The Morgan fingerprint density at radius 3 is 2.56 bits per heavy atom. The number of para-hydroxylation sites is 3. The SMILES string of the molecule is CC(c1nc(N)nc(Nc2ccccc2)n1)N1CCCN(c2nc3ccccc3[nH]2)CC1. The highest BCUT2D eigenvalue weighted by atomic mass is 15.3. The highest BCUT2D eigenvalue weighted by Crippen LogP contribution is 2.23. The lowest BCUT2D eigenvalue weighted by atomic mass is 10.2. The van der Waals surface area contributed by atoms with Gasteiger partial charge in [-0.05, 0) is 37.6 Å². The molecule has 0 saturated carbocycles. The largest absolute Gasteiger partial charge is 0.368 e. The highest BCUT2D eigenvalue weighted by molar-refractivity contribution is 5.77. The van der Waals surface area contributed by atoms with Crippen LogP contribution in [0, 0.1) is 0 Å². The molecule has 4 N–H and O–H groups in total. The van der Waals surface area contributed by atoms with E-state index in [9.17, 15) is 0 Å². The third-order valence-corrected chi connectivity index (χ3v) is 5.83. The number of benzene rings is 2. The van der Waals surface area contributed by atoms with Gasteiger partial charge in [-0.3, -0.25) is 4.90 Å². The molecule has 9 nitrogen and oxygen atoms in total. The van der Waals surface area contributed by atoms with E-state index in [0.29, 0.717) is 11.8 Å². The van der Waals surface area contributed by atoms with Crippen molar-refractivity contribution in [3.8, 4) is 0 Å². The number of nitrogens with two attached hydrogens (primary N) is 1. The van der Waals surface area contributed by atoms with Crippen LogP contribution in [0.15, 0.2) is 54.6 Å². The van der Waals surface area contributed by atoms with Crippen LogP contribution in [0.25, 0.3) is 11.0 Å². The number of aromatic amines is 1. The van der Waals surface area contributed by atoms with Crippen molar-refractivity contribution in [1.29, 1.82) is 0 Å². The molecule has 1 aliphatic rings. The Balaban J connectivity index is 1.30. The summed E-state index contributed by atoms with van der Waals surface area (Å²) in [5, 5.41) is 3.22. The molecule has 1 unspecified atom stereocenters. The number of nitrogen functional groups attached to an aromatic ring is 1. The summed E-state index contributed by atoms with van der Waals surface area (Å²) in [5.74, 6) is 2.29. The maximum absolute atomic E-state index is 6.00. The Labute approximate surface area is 186 Å². The van der Waals surface area contributed by atoms with E-state index in [4.69, 9.17) is 10.7 Å². The van der Waals surface area contributed by atoms with Gasteiger partial charge in [0.05, 0.1) is 17.1 Å². The van der Waals surface area contributed by atoms with Gasteiger partial charge in [-0.25, -0.2) is 4.98 Å². The molecule has 0 bridgehead atoms. The molecule has 5 rings (SSSR count). The monoisotopic (exact) mass is 429 g/mol. The number of hydrogen-bond acceptors (Lipinski definition) is 8. The standard InChI is InChI=1S/C23H27N9/c1-16(20-28-21(24)30-22(29-20)25-17-8-3-2-4-9-17)31-12-7-13-32(15-14-31)23-26-18-10-5-6-11-19(18)27-23/h2-6,8-11,16H,7,12-15H2,1H3,(H,26,27)(H3,24,25,28,29,30). The van der Waals surface area contributed by atoms with Crippen molar-refractivity contribution in [2.24, 2.45) is 0 Å². The van der Waals surface area contributed by atoms with Gasteiger partial charge >= 0.3 is 0 Å². The topological polar surface area (TPSA) is 112 Å². The Morgan fingerprint density at radius 1 is 0.906 bits per heavy atom. The summed E-state index contributed by atoms with van der Waals surface area (Å²) in [7, 11) is 0. The van der Waals surface area contributed by atoms with Crippen molar-refractivity contribution in [2.45, 2.75) is 19.4 Å². The highest BCUT2D eigenvalue weighted by Gasteiger charge is 2.24. The van der Waals surface area contributed by atoms with Crippen molar-refractivity contribution < 1.29 is 0 Å². The summed E-state index contributed by atoms with van der Waals surface area (Å²) in [6, 6.07) is 18.0. The van der Waals surface area contributed by atoms with E-state index >= 15 is 0 Å². The van der Waals surface area contributed by atoms with Crippen molar-refractivity contribution in [3.05, 3.63) is 60.4 Å². The molecule has 1 aliphatic heterocycles. The molecule has 0 amide bonds. The molecular formula is C23H27N9. The lowest BCUT2D eigenvalue weighted by Crippen LogP contribution is -2.33. The van der Waals surface area contributed by atoms with Crippen LogP contribution in [0.2, 0.25) is 0 Å². The second-order valence-electron chi connectivity index (χ2n) is 8.00. The number of nitrogens with one attached hydrogen (secondary N) is 2. The molecule has 164 valence electrons. The van der Waals surface area contributed by atoms with E-state index < -0.39 is 0 Å². The van der Waals surface area contributed by atoms with E-state index in [2.05, 4.69) is 48.0 Å². The second-order valence-corrected chi connectivity index (χ2v) is 8.00. The van der Waals surface area contributed by atoms with Crippen LogP contribution in [0.4, 0.5) is 23.5 Å². The van der Waals surface area contributed by atoms with Gasteiger partial charge in [0, 0.05) is 31.9 Å². The third kappa shape index (κ3) is 4.33. The van der Waals surface area contributed by atoms with Crippen LogP contribution >= 0.6 is 0 Å². The van der Waals surface area contributed by atoms with Gasteiger partial charge in [0.15, 0.2) is 5.82 Å². The first kappa shape index (κ1) is 20.2. The first-order valence-electron chi connectivity index (χ1n) is 10.9. The van der Waals surface area contributed by atoms with Gasteiger partial charge in [-0.2, -0.15) is 15.0 Å². The predicted molar refractivity (Wildman–Crippen MR) is 127 cm³/mol. The molecular weight excluding hydrogens is 402 g/mol. The van der Waals surface area contributed by atoms with Crippen molar-refractivity contribution in [1.82, 2.24) is 29.8 Å². The van der Waals surface area contributed by atoms with Gasteiger partial charge in [-0.1, -0.05) is 30.3 Å². The number of nitrogens with zero attached hydrogens (tertiary/aromatic N) is 6. The zero-order valence-electron chi connectivity index (χ0n) is 18.1. The number of hydrogen-bond donors (Lipinski definition) is 3. The average Bonchev–Trinajstić information content (AvgIpc) is 3.08. The first-order chi connectivity index (χ1) is 15.7. The van der Waals surface area contributed by atoms with Gasteiger partial charge in [0.25, 0.3) is 0 Å². The van der Waals surface area contributed by atoms with E-state index in [1.54, 1.807) is 0 Å². The van der Waals surface area contributed by atoms with Crippen LogP contribution in [0.5, 0.6) is 0 Å². The van der Waals surface area contributed by atoms with Crippen LogP contribution in [-0.4, -0.2) is 56.0 Å². The smallest absolute Gasteiger partial charge is 0.232 e. The fraction of sp³-hybridized carbons (Fsp3) is 0.304. The quantitative estimate of drug-likeness (QED) is 0.443. The van der Waals surface area contributed by atoms with Gasteiger partial charge < -0.3 is 20.9 Å². The number of H-pyrrole nitrogens is 1. The first-order valence-corrected chi connectivity index (χ1v) is 10.9. The van der Waals surface area contributed by atoms with Crippen LogP contribution in [0.1, 0.15) is 25.2 Å². The molecule has 0 aliphatic carbocycles. The van der Waals surface area contributed by atoms with Crippen LogP contribution in [0.3, 0.4) is 0 Å². The molecule has 9 heteroatoms. The van der Waals surface area contributed by atoms with Crippen LogP contribution in [-0.2, 0) is 0 Å². The summed E-state index contributed by atoms with van der Waals surface area (Å²) in [6.45, 7) is 5.77. The maximum atomic E-state index is 6.00. The van der Waals surface area contributed by atoms with Crippen molar-refractivity contribution >= 4 is 34.6 Å². The molecule has 0 spiro atoms. The number of anilines is 4. The molecule has 1 saturated heterocycles. The fourth-order valence-corrected chi connectivity index (χ4v) is 4.09. The van der Waals surface area contributed by atoms with Crippen LogP contribution < -0.4 is 16.0 Å². The normalized spacial score (nSPS) is 16.1. The minimum atomic E-state index is 0.0206. The third-order valence-electron chi connectivity index (χ3n) is 5.83. The van der Waals surface area contributed by atoms with Crippen molar-refractivity contribution in [2.75, 3.05) is 42.1 Å². The molecule has 1 fully saturated rings. The summed E-state index contributed by atoms with van der Waals surface area (Å²) in [4.78, 5) is 26.3. The lowest BCUT2D eigenvalue weighted by molar-refractivity contribution is 0.218. The minimum Gasteiger partial charge on any atom is -0.368 e. The Morgan fingerprint density at radius 2 is 1.72 bits per heavy atom. The predicted octanol–water partition coefficient (Wildman–Crippen LogP) is 3.35. The summed E-state index contributed by atoms with van der Waals surface area (Å²) in [5.41, 5.74) is 8.98. The van der Waals surface area contributed by atoms with Crippen molar-refractivity contribution in [3.63, 3.8) is 0 Å². The Hall–Kier alpha value is -3.72. The Kier molecular flexibility index (Phi) is 5.55. The molecule has 1 atom stereocenters. The number of fused-ring (bicyclic) bond motifs is 1. The zero-order valence-corrected chi connectivity index (χ0v) is 18.1. The minimum absolute atomic E-state index is 0.0206. The molecule has 0 radical (unpaired) electrons. The van der Waals surface area contributed by atoms with E-state index in [-0.39, 0.29) is 12.0 Å². The van der Waals surface area contributed by atoms with Gasteiger partial charge in [-0.15, -0.1) is 0 Å². The molecule has 2 aromatic heterocycles. The molecule has 32 heavy (non-hydrogen) atoms. The van der Waals surface area contributed by atoms with Gasteiger partial charge in [0.1, 0.15) is 0 Å². The van der Waals surface area contributed by atoms with E-state index in [1.807, 2.05) is 48.5 Å². The summed E-state index contributed by atoms with van der Waals surface area (Å²) in [6.07, 6.45) is 1.02. The summed E-state index contributed by atoms with van der Waals surface area (Å²) >= 11 is 0.